The summed E-state index contributed by atoms with van der Waals surface area (Å²) in [6.07, 6.45) is 4.05. The number of esters is 1. The minimum atomic E-state index is -0.284. The minimum Gasteiger partial charge on any atom is -0.460 e. The summed E-state index contributed by atoms with van der Waals surface area (Å²) < 4.78 is 6.30. The summed E-state index contributed by atoms with van der Waals surface area (Å²) in [5.41, 5.74) is 1.00. The molecule has 86 valence electrons. The van der Waals surface area contributed by atoms with E-state index in [1.165, 1.54) is 9.65 Å². The number of carbonyl (C=O) groups is 1. The Labute approximate surface area is 110 Å². The van der Waals surface area contributed by atoms with Gasteiger partial charge in [-0.25, -0.2) is 4.79 Å². The molecule has 1 aromatic rings. The van der Waals surface area contributed by atoms with Crippen LogP contribution in [-0.2, 0) is 9.53 Å². The lowest BCUT2D eigenvalue weighted by Crippen LogP contribution is -2.11. The van der Waals surface area contributed by atoms with Crippen molar-refractivity contribution in [2.75, 3.05) is 0 Å². The summed E-state index contributed by atoms with van der Waals surface area (Å²) in [7, 11) is 0. The van der Waals surface area contributed by atoms with Crippen LogP contribution in [0.5, 0.6) is 0 Å². The molecule has 16 heavy (non-hydrogen) atoms. The number of hydrogen-bond donors (Lipinski definition) is 0. The van der Waals surface area contributed by atoms with E-state index in [-0.39, 0.29) is 12.1 Å². The lowest BCUT2D eigenvalue weighted by atomic mass is 10.2. The predicted molar refractivity (Wildman–Crippen MR) is 74.0 cm³/mol. The highest BCUT2D eigenvalue weighted by molar-refractivity contribution is 14.1. The van der Waals surface area contributed by atoms with Crippen molar-refractivity contribution < 1.29 is 9.53 Å². The van der Waals surface area contributed by atoms with E-state index in [1.807, 2.05) is 38.1 Å². The summed E-state index contributed by atoms with van der Waals surface area (Å²) in [4.78, 5) is 11.3. The molecule has 1 rings (SSSR count). The Balaban J connectivity index is 2.53. The van der Waals surface area contributed by atoms with Crippen LogP contribution in [-0.4, -0.2) is 12.1 Å². The van der Waals surface area contributed by atoms with Gasteiger partial charge in [0.05, 0.1) is 6.10 Å². The Bertz CT molecular complexity index is 368. The molecule has 0 aliphatic heterocycles. The van der Waals surface area contributed by atoms with E-state index < -0.39 is 0 Å². The third-order valence-corrected chi connectivity index (χ3v) is 2.89. The van der Waals surface area contributed by atoms with Crippen molar-refractivity contribution in [1.29, 1.82) is 0 Å². The number of benzene rings is 1. The van der Waals surface area contributed by atoms with Gasteiger partial charge < -0.3 is 4.74 Å². The third-order valence-electron chi connectivity index (χ3n) is 2.17. The highest BCUT2D eigenvalue weighted by Crippen LogP contribution is 2.08. The van der Waals surface area contributed by atoms with Gasteiger partial charge in [0.25, 0.3) is 0 Å². The normalized spacial score (nSPS) is 12.7. The first-order valence-electron chi connectivity index (χ1n) is 5.26. The van der Waals surface area contributed by atoms with Crippen LogP contribution in [0.2, 0.25) is 0 Å². The van der Waals surface area contributed by atoms with Gasteiger partial charge >= 0.3 is 5.97 Å². The van der Waals surface area contributed by atoms with Crippen molar-refractivity contribution in [3.8, 4) is 0 Å². The maximum atomic E-state index is 11.3. The molecule has 2 nitrogen and oxygen atoms in total. The van der Waals surface area contributed by atoms with Crippen LogP contribution < -0.4 is 0 Å². The SMILES string of the molecule is CCC(C)OC(=O)C=Cc1ccc(I)cc1. The van der Waals surface area contributed by atoms with E-state index in [0.29, 0.717) is 0 Å². The van der Waals surface area contributed by atoms with E-state index in [2.05, 4.69) is 22.6 Å². The predicted octanol–water partition coefficient (Wildman–Crippen LogP) is 3.65. The zero-order valence-corrected chi connectivity index (χ0v) is 11.6. The second-order valence-corrected chi connectivity index (χ2v) is 4.79. The molecule has 0 aromatic heterocycles. The molecule has 0 heterocycles. The third kappa shape index (κ3) is 4.79. The maximum Gasteiger partial charge on any atom is 0.331 e. The molecule has 3 heteroatoms. The zero-order chi connectivity index (χ0) is 12.0. The second kappa shape index (κ2) is 6.68. The largest absolute Gasteiger partial charge is 0.460 e. The fraction of sp³-hybridized carbons (Fsp3) is 0.308. The lowest BCUT2D eigenvalue weighted by molar-refractivity contribution is -0.142. The molecule has 1 aromatic carbocycles. The van der Waals surface area contributed by atoms with Gasteiger partial charge in [-0.05, 0) is 59.7 Å². The van der Waals surface area contributed by atoms with Crippen molar-refractivity contribution >= 4 is 34.6 Å². The monoisotopic (exact) mass is 330 g/mol. The number of rotatable bonds is 4. The highest BCUT2D eigenvalue weighted by atomic mass is 127. The van der Waals surface area contributed by atoms with Crippen LogP contribution in [0, 0.1) is 3.57 Å². The van der Waals surface area contributed by atoms with E-state index in [1.54, 1.807) is 6.08 Å². The van der Waals surface area contributed by atoms with Gasteiger partial charge in [0.2, 0.25) is 0 Å². The summed E-state index contributed by atoms with van der Waals surface area (Å²) in [5, 5.41) is 0. The second-order valence-electron chi connectivity index (χ2n) is 3.54. The molecule has 1 atom stereocenters. The Hall–Kier alpha value is -0.840. The van der Waals surface area contributed by atoms with Crippen LogP contribution in [0.25, 0.3) is 6.08 Å². The van der Waals surface area contributed by atoms with Crippen LogP contribution >= 0.6 is 22.6 Å². The molecule has 0 saturated carbocycles. The van der Waals surface area contributed by atoms with Gasteiger partial charge in [-0.15, -0.1) is 0 Å². The average Bonchev–Trinajstić information content (AvgIpc) is 2.28. The first-order chi connectivity index (χ1) is 7.61. The van der Waals surface area contributed by atoms with Crippen LogP contribution in [0.1, 0.15) is 25.8 Å². The number of hydrogen-bond acceptors (Lipinski definition) is 2. The summed E-state index contributed by atoms with van der Waals surface area (Å²) >= 11 is 2.24. The Morgan fingerprint density at radius 2 is 2.06 bits per heavy atom. The van der Waals surface area contributed by atoms with Crippen molar-refractivity contribution in [3.63, 3.8) is 0 Å². The number of halogens is 1. The average molecular weight is 330 g/mol. The van der Waals surface area contributed by atoms with Gasteiger partial charge in [-0.3, -0.25) is 0 Å². The Morgan fingerprint density at radius 1 is 1.44 bits per heavy atom. The fourth-order valence-corrected chi connectivity index (χ4v) is 1.42. The Morgan fingerprint density at radius 3 is 2.62 bits per heavy atom. The Kier molecular flexibility index (Phi) is 5.52. The number of ether oxygens (including phenoxy) is 1. The van der Waals surface area contributed by atoms with Gasteiger partial charge in [-0.2, -0.15) is 0 Å². The van der Waals surface area contributed by atoms with Crippen molar-refractivity contribution in [3.05, 3.63) is 39.5 Å². The molecule has 0 spiro atoms. The standard InChI is InChI=1S/C13H15IO2/c1-3-10(2)16-13(15)9-6-11-4-7-12(14)8-5-11/h4-10H,3H2,1-2H3. The van der Waals surface area contributed by atoms with Crippen LogP contribution in [0.3, 0.4) is 0 Å². The number of carbonyl (C=O) groups excluding carboxylic acids is 1. The van der Waals surface area contributed by atoms with E-state index in [9.17, 15) is 4.79 Å². The topological polar surface area (TPSA) is 26.3 Å². The highest BCUT2D eigenvalue weighted by Gasteiger charge is 2.02. The first kappa shape index (κ1) is 13.2. The van der Waals surface area contributed by atoms with Gasteiger partial charge in [0.1, 0.15) is 0 Å². The summed E-state index contributed by atoms with van der Waals surface area (Å²) in [5.74, 6) is -0.284. The molecule has 0 amide bonds. The molecule has 0 N–H and O–H groups in total. The van der Waals surface area contributed by atoms with Crippen molar-refractivity contribution in [1.82, 2.24) is 0 Å². The van der Waals surface area contributed by atoms with E-state index >= 15 is 0 Å². The molecule has 0 bridgehead atoms. The fourth-order valence-electron chi connectivity index (χ4n) is 1.06. The molecule has 0 aliphatic rings. The molecular formula is C13H15IO2. The summed E-state index contributed by atoms with van der Waals surface area (Å²) in [6.45, 7) is 3.87. The molecule has 0 saturated heterocycles. The molecule has 0 aliphatic carbocycles. The molecule has 1 unspecified atom stereocenters. The smallest absolute Gasteiger partial charge is 0.331 e. The zero-order valence-electron chi connectivity index (χ0n) is 9.44. The summed E-state index contributed by atoms with van der Waals surface area (Å²) in [6, 6.07) is 7.93. The van der Waals surface area contributed by atoms with Crippen LogP contribution in [0.15, 0.2) is 30.3 Å². The maximum absolute atomic E-state index is 11.3. The van der Waals surface area contributed by atoms with Gasteiger partial charge in [-0.1, -0.05) is 19.1 Å². The first-order valence-corrected chi connectivity index (χ1v) is 6.34. The quantitative estimate of drug-likeness (QED) is 0.479. The van der Waals surface area contributed by atoms with Gasteiger partial charge in [0, 0.05) is 9.65 Å². The minimum absolute atomic E-state index is 0.0196. The molecule has 0 radical (unpaired) electrons. The van der Waals surface area contributed by atoms with Crippen molar-refractivity contribution in [2.24, 2.45) is 0 Å². The molecule has 0 fully saturated rings. The lowest BCUT2D eigenvalue weighted by Gasteiger charge is -2.07. The van der Waals surface area contributed by atoms with Gasteiger partial charge in [0.15, 0.2) is 0 Å². The van der Waals surface area contributed by atoms with Crippen LogP contribution in [0.4, 0.5) is 0 Å². The van der Waals surface area contributed by atoms with Crippen molar-refractivity contribution in [2.45, 2.75) is 26.4 Å². The van der Waals surface area contributed by atoms with E-state index in [0.717, 1.165) is 12.0 Å². The molecular weight excluding hydrogens is 315 g/mol. The van der Waals surface area contributed by atoms with E-state index in [4.69, 9.17) is 4.74 Å².